The second-order valence-corrected chi connectivity index (χ2v) is 6.04. The third-order valence-electron chi connectivity index (χ3n) is 4.00. The fraction of sp³-hybridized carbons (Fsp3) is 0.579. The lowest BCUT2D eigenvalue weighted by Crippen LogP contribution is -2.39. The van der Waals surface area contributed by atoms with Crippen LogP contribution < -0.4 is 15.4 Å². The average molecular weight is 474 g/mol. The van der Waals surface area contributed by atoms with Crippen LogP contribution in [0.15, 0.2) is 35.3 Å². The molecule has 1 heterocycles. The van der Waals surface area contributed by atoms with Crippen molar-refractivity contribution in [2.75, 3.05) is 39.3 Å². The Morgan fingerprint density at radius 2 is 2.04 bits per heavy atom. The predicted molar refractivity (Wildman–Crippen MR) is 116 cm³/mol. The lowest BCUT2D eigenvalue weighted by molar-refractivity contribution is -0.127. The first-order valence-corrected chi connectivity index (χ1v) is 9.27. The molecule has 1 aromatic rings. The quantitative estimate of drug-likeness (QED) is 0.237. The van der Waals surface area contributed by atoms with E-state index in [1.165, 1.54) is 0 Å². The van der Waals surface area contributed by atoms with Gasteiger partial charge in [-0.3, -0.25) is 9.79 Å². The first-order valence-electron chi connectivity index (χ1n) is 9.27. The molecule has 1 fully saturated rings. The van der Waals surface area contributed by atoms with Crippen molar-refractivity contribution >= 4 is 35.8 Å². The number of amides is 1. The number of nitrogens with zero attached hydrogens (tertiary/aromatic N) is 2. The minimum Gasteiger partial charge on any atom is -0.494 e. The summed E-state index contributed by atoms with van der Waals surface area (Å²) in [7, 11) is 0. The van der Waals surface area contributed by atoms with E-state index in [1.807, 2.05) is 35.2 Å². The highest BCUT2D eigenvalue weighted by Gasteiger charge is 2.18. The third kappa shape index (κ3) is 8.73. The van der Waals surface area contributed by atoms with Gasteiger partial charge in [-0.05, 0) is 31.9 Å². The van der Waals surface area contributed by atoms with Gasteiger partial charge >= 0.3 is 0 Å². The number of benzene rings is 1. The fourth-order valence-electron chi connectivity index (χ4n) is 2.72. The maximum atomic E-state index is 11.6. The van der Waals surface area contributed by atoms with Crippen LogP contribution >= 0.6 is 24.0 Å². The highest BCUT2D eigenvalue weighted by Crippen LogP contribution is 2.09. The van der Waals surface area contributed by atoms with Gasteiger partial charge in [0, 0.05) is 45.6 Å². The van der Waals surface area contributed by atoms with E-state index < -0.39 is 0 Å². The number of aliphatic imine (C=N–C) groups is 1. The zero-order valence-corrected chi connectivity index (χ0v) is 17.9. The van der Waals surface area contributed by atoms with Crippen molar-refractivity contribution in [3.8, 4) is 5.75 Å². The molecule has 1 aliphatic heterocycles. The molecule has 1 aromatic carbocycles. The van der Waals surface area contributed by atoms with E-state index in [0.29, 0.717) is 25.5 Å². The van der Waals surface area contributed by atoms with E-state index in [0.717, 1.165) is 57.2 Å². The molecule has 2 N–H and O–H groups in total. The molecule has 0 spiro atoms. The molecule has 0 atom stereocenters. The number of halogens is 1. The Bertz CT molecular complexity index is 540. The number of rotatable bonds is 10. The molecule has 1 aliphatic rings. The van der Waals surface area contributed by atoms with Gasteiger partial charge in [-0.15, -0.1) is 24.0 Å². The van der Waals surface area contributed by atoms with Crippen molar-refractivity contribution in [1.29, 1.82) is 0 Å². The van der Waals surface area contributed by atoms with Gasteiger partial charge in [-0.25, -0.2) is 0 Å². The Hall–Kier alpha value is -1.51. The summed E-state index contributed by atoms with van der Waals surface area (Å²) < 4.78 is 5.67. The third-order valence-corrected chi connectivity index (χ3v) is 4.00. The van der Waals surface area contributed by atoms with Gasteiger partial charge < -0.3 is 20.3 Å². The zero-order valence-electron chi connectivity index (χ0n) is 15.6. The zero-order chi connectivity index (χ0) is 17.7. The molecule has 2 rings (SSSR count). The molecular weight excluding hydrogens is 443 g/mol. The summed E-state index contributed by atoms with van der Waals surface area (Å²) in [6.45, 7) is 6.81. The van der Waals surface area contributed by atoms with Crippen molar-refractivity contribution in [3.05, 3.63) is 30.3 Å². The van der Waals surface area contributed by atoms with Crippen LogP contribution in [0.5, 0.6) is 5.75 Å². The highest BCUT2D eigenvalue weighted by molar-refractivity contribution is 14.0. The molecule has 1 saturated heterocycles. The van der Waals surface area contributed by atoms with E-state index in [2.05, 4.69) is 22.5 Å². The number of guanidine groups is 1. The van der Waals surface area contributed by atoms with Crippen LogP contribution in [0.25, 0.3) is 0 Å². The molecule has 0 aromatic heterocycles. The molecule has 146 valence electrons. The maximum absolute atomic E-state index is 11.6. The van der Waals surface area contributed by atoms with E-state index >= 15 is 0 Å². The normalized spacial score (nSPS) is 14.1. The number of carbonyl (C=O) groups is 1. The number of likely N-dealkylation sites (tertiary alicyclic amines) is 1. The van der Waals surface area contributed by atoms with Crippen molar-refractivity contribution in [2.24, 2.45) is 4.99 Å². The Morgan fingerprint density at radius 3 is 2.73 bits per heavy atom. The lowest BCUT2D eigenvalue weighted by atomic mass is 10.3. The minimum absolute atomic E-state index is 0. The Labute approximate surface area is 173 Å². The van der Waals surface area contributed by atoms with Gasteiger partial charge in [0.15, 0.2) is 5.96 Å². The summed E-state index contributed by atoms with van der Waals surface area (Å²) in [4.78, 5) is 18.1. The summed E-state index contributed by atoms with van der Waals surface area (Å²) >= 11 is 0. The van der Waals surface area contributed by atoms with Gasteiger partial charge in [0.1, 0.15) is 5.75 Å². The molecule has 0 radical (unpaired) electrons. The second-order valence-electron chi connectivity index (χ2n) is 6.04. The van der Waals surface area contributed by atoms with E-state index in [1.54, 1.807) is 0 Å². The average Bonchev–Trinajstić information content (AvgIpc) is 3.04. The molecule has 0 aliphatic carbocycles. The van der Waals surface area contributed by atoms with Gasteiger partial charge in [-0.2, -0.15) is 0 Å². The highest BCUT2D eigenvalue weighted by atomic mass is 127. The first kappa shape index (κ1) is 22.5. The van der Waals surface area contributed by atoms with Crippen molar-refractivity contribution < 1.29 is 9.53 Å². The molecule has 26 heavy (non-hydrogen) atoms. The Balaban J connectivity index is 0.00000338. The molecule has 6 nitrogen and oxygen atoms in total. The maximum Gasteiger partial charge on any atom is 0.222 e. The number of ether oxygens (including phenoxy) is 1. The van der Waals surface area contributed by atoms with Gasteiger partial charge in [-0.1, -0.05) is 18.2 Å². The SMILES string of the molecule is CCNC(=NCCCOc1ccccc1)NCCCN1CCCC1=O.I. The van der Waals surface area contributed by atoms with Crippen molar-refractivity contribution in [2.45, 2.75) is 32.6 Å². The molecular formula is C19H31IN4O2. The monoisotopic (exact) mass is 474 g/mol. The van der Waals surface area contributed by atoms with Crippen LogP contribution in [0.4, 0.5) is 0 Å². The Kier molecular flexibility index (Phi) is 11.8. The van der Waals surface area contributed by atoms with Crippen LogP contribution in [0.1, 0.15) is 32.6 Å². The number of hydrogen-bond acceptors (Lipinski definition) is 3. The topological polar surface area (TPSA) is 66.0 Å². The number of carbonyl (C=O) groups excluding carboxylic acids is 1. The molecule has 0 bridgehead atoms. The summed E-state index contributed by atoms with van der Waals surface area (Å²) in [5.41, 5.74) is 0. The molecule has 7 heteroatoms. The smallest absolute Gasteiger partial charge is 0.222 e. The largest absolute Gasteiger partial charge is 0.494 e. The van der Waals surface area contributed by atoms with E-state index in [9.17, 15) is 4.79 Å². The summed E-state index contributed by atoms with van der Waals surface area (Å²) in [5.74, 6) is 2.02. The second kappa shape index (κ2) is 13.7. The van der Waals surface area contributed by atoms with Crippen LogP contribution in [0.2, 0.25) is 0 Å². The van der Waals surface area contributed by atoms with Crippen LogP contribution in [-0.2, 0) is 4.79 Å². The van der Waals surface area contributed by atoms with Crippen molar-refractivity contribution in [1.82, 2.24) is 15.5 Å². The molecule has 0 unspecified atom stereocenters. The summed E-state index contributed by atoms with van der Waals surface area (Å²) in [6, 6.07) is 9.83. The first-order chi connectivity index (χ1) is 12.3. The fourth-order valence-corrected chi connectivity index (χ4v) is 2.72. The van der Waals surface area contributed by atoms with Gasteiger partial charge in [0.2, 0.25) is 5.91 Å². The molecule has 1 amide bonds. The van der Waals surface area contributed by atoms with E-state index in [4.69, 9.17) is 4.74 Å². The lowest BCUT2D eigenvalue weighted by Gasteiger charge is -2.16. The predicted octanol–water partition coefficient (Wildman–Crippen LogP) is 2.64. The standard InChI is InChI=1S/C19H30N4O2.HI/c1-2-20-19(21-12-7-15-23-14-6-11-18(23)24)22-13-8-16-25-17-9-4-3-5-10-17;/h3-5,9-10H,2,6-8,11-16H2,1H3,(H2,20,21,22);1H. The van der Waals surface area contributed by atoms with Gasteiger partial charge in [0.25, 0.3) is 0 Å². The number of para-hydroxylation sites is 1. The van der Waals surface area contributed by atoms with Gasteiger partial charge in [0.05, 0.1) is 6.61 Å². The Morgan fingerprint density at radius 1 is 1.23 bits per heavy atom. The van der Waals surface area contributed by atoms with E-state index in [-0.39, 0.29) is 24.0 Å². The summed E-state index contributed by atoms with van der Waals surface area (Å²) in [5, 5.41) is 6.57. The van der Waals surface area contributed by atoms with Crippen LogP contribution in [-0.4, -0.2) is 56.1 Å². The number of nitrogens with one attached hydrogen (secondary N) is 2. The van der Waals surface area contributed by atoms with Crippen LogP contribution in [0, 0.1) is 0 Å². The van der Waals surface area contributed by atoms with Crippen molar-refractivity contribution in [3.63, 3.8) is 0 Å². The van der Waals surface area contributed by atoms with Crippen LogP contribution in [0.3, 0.4) is 0 Å². The summed E-state index contributed by atoms with van der Waals surface area (Å²) in [6.07, 6.45) is 3.52. The minimum atomic E-state index is 0. The number of hydrogen-bond donors (Lipinski definition) is 2. The molecule has 0 saturated carbocycles.